The Hall–Kier alpha value is -2.03. The van der Waals surface area contributed by atoms with Gasteiger partial charge in [-0.15, -0.1) is 0 Å². The minimum absolute atomic E-state index is 0.00879. The van der Waals surface area contributed by atoms with Gasteiger partial charge in [-0.05, 0) is 62.1 Å². The van der Waals surface area contributed by atoms with Crippen LogP contribution in [-0.4, -0.2) is 0 Å². The number of hydrogen-bond acceptors (Lipinski definition) is 0. The summed E-state index contributed by atoms with van der Waals surface area (Å²) in [5, 5.41) is 0. The first-order valence-corrected chi connectivity index (χ1v) is 8.47. The molecule has 0 aliphatic heterocycles. The lowest BCUT2D eigenvalue weighted by atomic mass is 9.80. The zero-order valence-corrected chi connectivity index (χ0v) is 13.8. The molecule has 24 heavy (non-hydrogen) atoms. The fourth-order valence-corrected chi connectivity index (χ4v) is 3.55. The molecule has 1 atom stereocenters. The Bertz CT molecular complexity index is 762. The second kappa shape index (κ2) is 7.25. The molecule has 0 aromatic heterocycles. The third kappa shape index (κ3) is 3.26. The molecule has 0 amide bonds. The molecule has 0 N–H and O–H groups in total. The van der Waals surface area contributed by atoms with Crippen LogP contribution >= 0.6 is 0 Å². The molecule has 2 aromatic rings. The lowest BCUT2D eigenvalue weighted by Crippen LogP contribution is -2.16. The third-order valence-electron chi connectivity index (χ3n) is 4.87. The van der Waals surface area contributed by atoms with Gasteiger partial charge in [-0.2, -0.15) is 0 Å². The van der Waals surface area contributed by atoms with Gasteiger partial charge in [0.05, 0.1) is 0 Å². The van der Waals surface area contributed by atoms with Crippen LogP contribution in [0.2, 0.25) is 0 Å². The minimum atomic E-state index is -0.989. The summed E-state index contributed by atoms with van der Waals surface area (Å²) in [6.07, 6.45) is 8.82. The van der Waals surface area contributed by atoms with E-state index in [4.69, 9.17) is 0 Å². The first-order chi connectivity index (χ1) is 11.6. The maximum atomic E-state index is 14.9. The van der Waals surface area contributed by atoms with Crippen LogP contribution < -0.4 is 0 Å². The van der Waals surface area contributed by atoms with Crippen molar-refractivity contribution in [2.45, 2.75) is 39.0 Å². The van der Waals surface area contributed by atoms with Crippen molar-refractivity contribution in [1.82, 2.24) is 0 Å². The van der Waals surface area contributed by atoms with Gasteiger partial charge in [0.15, 0.2) is 11.6 Å². The molecular formula is C21H21F3. The molecule has 3 rings (SSSR count). The molecule has 0 saturated heterocycles. The molecule has 0 nitrogen and oxygen atoms in total. The zero-order chi connectivity index (χ0) is 17.1. The predicted octanol–water partition coefficient (Wildman–Crippen LogP) is 6.23. The van der Waals surface area contributed by atoms with Crippen molar-refractivity contribution in [3.63, 3.8) is 0 Å². The third-order valence-corrected chi connectivity index (χ3v) is 4.87. The van der Waals surface area contributed by atoms with E-state index < -0.39 is 17.5 Å². The number of fused-ring (bicyclic) bond motifs is 1. The Balaban J connectivity index is 1.89. The van der Waals surface area contributed by atoms with Crippen LogP contribution in [0.25, 0.3) is 11.1 Å². The average Bonchev–Trinajstić information content (AvgIpc) is 2.58. The van der Waals surface area contributed by atoms with E-state index in [0.717, 1.165) is 37.3 Å². The smallest absolute Gasteiger partial charge is 0.166 e. The van der Waals surface area contributed by atoms with E-state index in [2.05, 4.69) is 12.2 Å². The first-order valence-electron chi connectivity index (χ1n) is 8.47. The van der Waals surface area contributed by atoms with E-state index in [9.17, 15) is 13.2 Å². The molecule has 3 heteroatoms. The molecule has 0 bridgehead atoms. The standard InChI is InChI=1S/C21H21F3/c1-2-3-4-6-14-9-11-16-15(13-14)10-12-18(20(16)23)17-7-5-8-19(22)21(17)24/h2-3,5,7-8,10,12,14H,4,6,9,11,13H2,1H3/b3-2+. The fraction of sp³-hybridized carbons (Fsp3) is 0.333. The molecule has 0 heterocycles. The zero-order valence-electron chi connectivity index (χ0n) is 13.8. The van der Waals surface area contributed by atoms with Crippen molar-refractivity contribution >= 4 is 0 Å². The van der Waals surface area contributed by atoms with E-state index in [0.29, 0.717) is 17.9 Å². The summed E-state index contributed by atoms with van der Waals surface area (Å²) in [6, 6.07) is 7.33. The van der Waals surface area contributed by atoms with Gasteiger partial charge in [0.25, 0.3) is 0 Å². The van der Waals surface area contributed by atoms with Crippen molar-refractivity contribution in [2.75, 3.05) is 0 Å². The van der Waals surface area contributed by atoms with Crippen molar-refractivity contribution < 1.29 is 13.2 Å². The number of benzene rings is 2. The monoisotopic (exact) mass is 330 g/mol. The Morgan fingerprint density at radius 1 is 1.04 bits per heavy atom. The maximum absolute atomic E-state index is 14.9. The van der Waals surface area contributed by atoms with Gasteiger partial charge in [0, 0.05) is 11.1 Å². The largest absolute Gasteiger partial charge is 0.206 e. The van der Waals surface area contributed by atoms with Gasteiger partial charge >= 0.3 is 0 Å². The topological polar surface area (TPSA) is 0 Å². The highest BCUT2D eigenvalue weighted by atomic mass is 19.2. The summed E-state index contributed by atoms with van der Waals surface area (Å²) in [6.45, 7) is 2.01. The van der Waals surface area contributed by atoms with Crippen LogP contribution in [0.5, 0.6) is 0 Å². The molecule has 0 radical (unpaired) electrons. The van der Waals surface area contributed by atoms with Crippen LogP contribution in [0.4, 0.5) is 13.2 Å². The van der Waals surface area contributed by atoms with Crippen LogP contribution in [0.15, 0.2) is 42.5 Å². The van der Waals surface area contributed by atoms with E-state index in [1.807, 2.05) is 13.0 Å². The number of allylic oxidation sites excluding steroid dienone is 2. The molecule has 1 aliphatic rings. The maximum Gasteiger partial charge on any atom is 0.166 e. The van der Waals surface area contributed by atoms with Crippen molar-refractivity contribution in [2.24, 2.45) is 5.92 Å². The van der Waals surface area contributed by atoms with Gasteiger partial charge in [0.1, 0.15) is 5.82 Å². The molecule has 1 unspecified atom stereocenters. The first kappa shape index (κ1) is 16.8. The average molecular weight is 330 g/mol. The Kier molecular flexibility index (Phi) is 5.08. The quantitative estimate of drug-likeness (QED) is 0.583. The summed E-state index contributed by atoms with van der Waals surface area (Å²) in [5.41, 5.74) is 1.81. The summed E-state index contributed by atoms with van der Waals surface area (Å²) in [5.74, 6) is -1.78. The summed E-state index contributed by atoms with van der Waals surface area (Å²) < 4.78 is 42.3. The minimum Gasteiger partial charge on any atom is -0.206 e. The van der Waals surface area contributed by atoms with Crippen LogP contribution in [0.3, 0.4) is 0 Å². The van der Waals surface area contributed by atoms with Crippen LogP contribution in [-0.2, 0) is 12.8 Å². The van der Waals surface area contributed by atoms with E-state index in [-0.39, 0.29) is 11.1 Å². The summed E-state index contributed by atoms with van der Waals surface area (Å²) in [7, 11) is 0. The number of halogens is 3. The van der Waals surface area contributed by atoms with Crippen molar-refractivity contribution in [3.8, 4) is 11.1 Å². The Morgan fingerprint density at radius 3 is 2.62 bits per heavy atom. The SMILES string of the molecule is C/C=C/CCC1CCc2c(ccc(-c3cccc(F)c3F)c2F)C1. The summed E-state index contributed by atoms with van der Waals surface area (Å²) in [4.78, 5) is 0. The van der Waals surface area contributed by atoms with E-state index in [1.54, 1.807) is 6.07 Å². The predicted molar refractivity (Wildman–Crippen MR) is 91.3 cm³/mol. The van der Waals surface area contributed by atoms with Gasteiger partial charge in [-0.1, -0.05) is 36.4 Å². The van der Waals surface area contributed by atoms with Crippen molar-refractivity contribution in [1.29, 1.82) is 0 Å². The Labute approximate surface area is 141 Å². The number of rotatable bonds is 4. The molecule has 0 spiro atoms. The van der Waals surface area contributed by atoms with Gasteiger partial charge < -0.3 is 0 Å². The second-order valence-corrected chi connectivity index (χ2v) is 6.42. The van der Waals surface area contributed by atoms with Gasteiger partial charge in [-0.3, -0.25) is 0 Å². The van der Waals surface area contributed by atoms with E-state index >= 15 is 0 Å². The highest BCUT2D eigenvalue weighted by Gasteiger charge is 2.24. The lowest BCUT2D eigenvalue weighted by Gasteiger charge is -2.25. The van der Waals surface area contributed by atoms with Crippen molar-refractivity contribution in [3.05, 3.63) is 71.1 Å². The Morgan fingerprint density at radius 2 is 1.83 bits per heavy atom. The van der Waals surface area contributed by atoms with Crippen LogP contribution in [0.1, 0.15) is 37.3 Å². The van der Waals surface area contributed by atoms with Gasteiger partial charge in [-0.25, -0.2) is 13.2 Å². The van der Waals surface area contributed by atoms with E-state index in [1.165, 1.54) is 12.1 Å². The highest BCUT2D eigenvalue weighted by molar-refractivity contribution is 5.67. The molecule has 0 fully saturated rings. The molecule has 2 aromatic carbocycles. The van der Waals surface area contributed by atoms with Gasteiger partial charge in [0.2, 0.25) is 0 Å². The normalized spacial score (nSPS) is 17.2. The second-order valence-electron chi connectivity index (χ2n) is 6.42. The molecule has 1 aliphatic carbocycles. The molecule has 126 valence electrons. The fourth-order valence-electron chi connectivity index (χ4n) is 3.55. The highest BCUT2D eigenvalue weighted by Crippen LogP contribution is 2.35. The van der Waals surface area contributed by atoms with Crippen LogP contribution in [0, 0.1) is 23.4 Å². The summed E-state index contributed by atoms with van der Waals surface area (Å²) >= 11 is 0. The molecule has 0 saturated carbocycles. The number of hydrogen-bond donors (Lipinski definition) is 0. The molecular weight excluding hydrogens is 309 g/mol. The lowest BCUT2D eigenvalue weighted by molar-refractivity contribution is 0.421.